The Morgan fingerprint density at radius 1 is 1.00 bits per heavy atom. The summed E-state index contributed by atoms with van der Waals surface area (Å²) in [5.74, 6) is 0.751. The van der Waals surface area contributed by atoms with E-state index in [-0.39, 0.29) is 5.91 Å². The van der Waals surface area contributed by atoms with E-state index in [1.54, 1.807) is 32.4 Å². The van der Waals surface area contributed by atoms with Gasteiger partial charge in [-0.25, -0.2) is 0 Å². The third-order valence-corrected chi connectivity index (χ3v) is 3.40. The molecule has 0 aromatic heterocycles. The van der Waals surface area contributed by atoms with E-state index in [9.17, 15) is 4.79 Å². The molecule has 0 heterocycles. The summed E-state index contributed by atoms with van der Waals surface area (Å²) < 4.78 is 15.6. The third kappa shape index (κ3) is 4.23. The predicted molar refractivity (Wildman–Crippen MR) is 87.9 cm³/mol. The first kappa shape index (κ1) is 16.8. The standard InChI is InChI=1S/C18H21NO4/c1-21-12-14-7-4-6-13(10-14)11-19-18(20)15-8-5-9-16(22-2)17(15)23-3/h4-10H,11-12H2,1-3H3,(H,19,20). The molecule has 0 saturated carbocycles. The van der Waals surface area contributed by atoms with Crippen molar-refractivity contribution in [2.75, 3.05) is 21.3 Å². The summed E-state index contributed by atoms with van der Waals surface area (Å²) in [6.07, 6.45) is 0. The van der Waals surface area contributed by atoms with E-state index in [4.69, 9.17) is 14.2 Å². The lowest BCUT2D eigenvalue weighted by atomic mass is 10.1. The van der Waals surface area contributed by atoms with E-state index >= 15 is 0 Å². The Bertz CT molecular complexity index is 670. The Balaban J connectivity index is 2.09. The fourth-order valence-electron chi connectivity index (χ4n) is 2.34. The number of rotatable bonds is 7. The molecule has 0 aliphatic carbocycles. The Morgan fingerprint density at radius 3 is 2.43 bits per heavy atom. The van der Waals surface area contributed by atoms with Gasteiger partial charge in [0, 0.05) is 13.7 Å². The number of benzene rings is 2. The molecule has 5 nitrogen and oxygen atoms in total. The van der Waals surface area contributed by atoms with Crippen molar-refractivity contribution in [2.24, 2.45) is 0 Å². The van der Waals surface area contributed by atoms with Crippen LogP contribution in [0.3, 0.4) is 0 Å². The van der Waals surface area contributed by atoms with Crippen LogP contribution in [-0.4, -0.2) is 27.2 Å². The molecule has 0 atom stereocenters. The number of hydrogen-bond acceptors (Lipinski definition) is 4. The second kappa shape index (κ2) is 8.19. The van der Waals surface area contributed by atoms with Crippen LogP contribution in [0.4, 0.5) is 0 Å². The number of carbonyl (C=O) groups is 1. The van der Waals surface area contributed by atoms with Crippen molar-refractivity contribution in [1.29, 1.82) is 0 Å². The summed E-state index contributed by atoms with van der Waals surface area (Å²) in [5, 5.41) is 2.90. The molecule has 2 aromatic carbocycles. The Hall–Kier alpha value is -2.53. The van der Waals surface area contributed by atoms with Crippen molar-refractivity contribution >= 4 is 5.91 Å². The lowest BCUT2D eigenvalue weighted by Crippen LogP contribution is -2.23. The first-order valence-corrected chi connectivity index (χ1v) is 7.25. The maximum atomic E-state index is 12.4. The van der Waals surface area contributed by atoms with Crippen molar-refractivity contribution < 1.29 is 19.0 Å². The van der Waals surface area contributed by atoms with E-state index in [2.05, 4.69) is 5.32 Å². The molecule has 0 bridgehead atoms. The fourth-order valence-corrected chi connectivity index (χ4v) is 2.34. The molecule has 0 unspecified atom stereocenters. The van der Waals surface area contributed by atoms with Crippen LogP contribution in [0.1, 0.15) is 21.5 Å². The van der Waals surface area contributed by atoms with Gasteiger partial charge in [0.05, 0.1) is 26.4 Å². The molecule has 2 rings (SSSR count). The van der Waals surface area contributed by atoms with Crippen molar-refractivity contribution in [3.63, 3.8) is 0 Å². The molecular formula is C18H21NO4. The number of carbonyl (C=O) groups excluding carboxylic acids is 1. The average molecular weight is 315 g/mol. The minimum Gasteiger partial charge on any atom is -0.493 e. The SMILES string of the molecule is COCc1cccc(CNC(=O)c2cccc(OC)c2OC)c1. The number of methoxy groups -OCH3 is 3. The van der Waals surface area contributed by atoms with Gasteiger partial charge < -0.3 is 19.5 Å². The van der Waals surface area contributed by atoms with E-state index in [1.807, 2.05) is 24.3 Å². The molecule has 23 heavy (non-hydrogen) atoms. The van der Waals surface area contributed by atoms with Crippen LogP contribution in [0.2, 0.25) is 0 Å². The molecule has 1 N–H and O–H groups in total. The first-order chi connectivity index (χ1) is 11.2. The summed E-state index contributed by atoms with van der Waals surface area (Å²) >= 11 is 0. The van der Waals surface area contributed by atoms with Gasteiger partial charge in [0.15, 0.2) is 11.5 Å². The summed E-state index contributed by atoms with van der Waals surface area (Å²) in [4.78, 5) is 12.4. The number of amides is 1. The smallest absolute Gasteiger partial charge is 0.255 e. The quantitative estimate of drug-likeness (QED) is 0.853. The predicted octanol–water partition coefficient (Wildman–Crippen LogP) is 2.78. The molecule has 1 amide bonds. The topological polar surface area (TPSA) is 56.8 Å². The molecule has 122 valence electrons. The molecule has 0 aliphatic rings. The lowest BCUT2D eigenvalue weighted by Gasteiger charge is -2.13. The van der Waals surface area contributed by atoms with Crippen LogP contribution < -0.4 is 14.8 Å². The number of ether oxygens (including phenoxy) is 3. The maximum absolute atomic E-state index is 12.4. The Kier molecular flexibility index (Phi) is 6.00. The minimum absolute atomic E-state index is 0.210. The van der Waals surface area contributed by atoms with Gasteiger partial charge in [-0.05, 0) is 23.3 Å². The maximum Gasteiger partial charge on any atom is 0.255 e. The van der Waals surface area contributed by atoms with Crippen LogP contribution in [0.25, 0.3) is 0 Å². The highest BCUT2D eigenvalue weighted by molar-refractivity contribution is 5.97. The van der Waals surface area contributed by atoms with Gasteiger partial charge in [0.2, 0.25) is 0 Å². The molecule has 0 saturated heterocycles. The van der Waals surface area contributed by atoms with Gasteiger partial charge >= 0.3 is 0 Å². The molecule has 0 aliphatic heterocycles. The van der Waals surface area contributed by atoms with Gasteiger partial charge in [-0.2, -0.15) is 0 Å². The summed E-state index contributed by atoms with van der Waals surface area (Å²) in [6, 6.07) is 13.1. The fraction of sp³-hybridized carbons (Fsp3) is 0.278. The van der Waals surface area contributed by atoms with E-state index in [0.29, 0.717) is 30.2 Å². The average Bonchev–Trinajstić information content (AvgIpc) is 2.59. The highest BCUT2D eigenvalue weighted by atomic mass is 16.5. The third-order valence-electron chi connectivity index (χ3n) is 3.40. The van der Waals surface area contributed by atoms with Gasteiger partial charge in [0.1, 0.15) is 0 Å². The monoisotopic (exact) mass is 315 g/mol. The summed E-state index contributed by atoms with van der Waals surface area (Å²) in [5.41, 5.74) is 2.52. The normalized spacial score (nSPS) is 10.2. The zero-order valence-electron chi connectivity index (χ0n) is 13.6. The number of para-hydroxylation sites is 1. The molecule has 0 radical (unpaired) electrons. The van der Waals surface area contributed by atoms with Gasteiger partial charge in [0.25, 0.3) is 5.91 Å². The van der Waals surface area contributed by atoms with Crippen LogP contribution in [0.15, 0.2) is 42.5 Å². The lowest BCUT2D eigenvalue weighted by molar-refractivity contribution is 0.0947. The zero-order valence-corrected chi connectivity index (χ0v) is 13.6. The highest BCUT2D eigenvalue weighted by Crippen LogP contribution is 2.30. The van der Waals surface area contributed by atoms with Crippen LogP contribution >= 0.6 is 0 Å². The Morgan fingerprint density at radius 2 is 1.74 bits per heavy atom. The Labute approximate surface area is 136 Å². The number of nitrogens with one attached hydrogen (secondary N) is 1. The number of hydrogen-bond donors (Lipinski definition) is 1. The van der Waals surface area contributed by atoms with Crippen LogP contribution in [-0.2, 0) is 17.9 Å². The molecule has 5 heteroatoms. The summed E-state index contributed by atoms with van der Waals surface area (Å²) in [7, 11) is 4.72. The van der Waals surface area contributed by atoms with E-state index in [0.717, 1.165) is 11.1 Å². The van der Waals surface area contributed by atoms with E-state index < -0.39 is 0 Å². The highest BCUT2D eigenvalue weighted by Gasteiger charge is 2.15. The van der Waals surface area contributed by atoms with Crippen molar-refractivity contribution in [3.8, 4) is 11.5 Å². The second-order valence-electron chi connectivity index (χ2n) is 4.98. The largest absolute Gasteiger partial charge is 0.493 e. The van der Waals surface area contributed by atoms with Gasteiger partial charge in [-0.3, -0.25) is 4.79 Å². The van der Waals surface area contributed by atoms with Crippen molar-refractivity contribution in [3.05, 3.63) is 59.2 Å². The molecule has 2 aromatic rings. The minimum atomic E-state index is -0.210. The van der Waals surface area contributed by atoms with Gasteiger partial charge in [-0.15, -0.1) is 0 Å². The van der Waals surface area contributed by atoms with E-state index in [1.165, 1.54) is 7.11 Å². The van der Waals surface area contributed by atoms with Crippen molar-refractivity contribution in [2.45, 2.75) is 13.2 Å². The van der Waals surface area contributed by atoms with Crippen LogP contribution in [0.5, 0.6) is 11.5 Å². The second-order valence-corrected chi connectivity index (χ2v) is 4.98. The summed E-state index contributed by atoms with van der Waals surface area (Å²) in [6.45, 7) is 0.974. The first-order valence-electron chi connectivity index (χ1n) is 7.25. The molecule has 0 fully saturated rings. The molecule has 0 spiro atoms. The van der Waals surface area contributed by atoms with Crippen LogP contribution in [0, 0.1) is 0 Å². The van der Waals surface area contributed by atoms with Gasteiger partial charge in [-0.1, -0.05) is 30.3 Å². The molecular weight excluding hydrogens is 294 g/mol. The zero-order chi connectivity index (χ0) is 16.7. The van der Waals surface area contributed by atoms with Crippen molar-refractivity contribution in [1.82, 2.24) is 5.32 Å².